The molecule has 0 aliphatic rings. The Kier molecular flexibility index (Phi) is 9.03. The minimum absolute atomic E-state index is 0.0225. The lowest BCUT2D eigenvalue weighted by Crippen LogP contribution is -2.49. The predicted molar refractivity (Wildman–Crippen MR) is 140 cm³/mol. The summed E-state index contributed by atoms with van der Waals surface area (Å²) in [7, 11) is 1.48. The average Bonchev–Trinajstić information content (AvgIpc) is 3.25. The van der Waals surface area contributed by atoms with Gasteiger partial charge < -0.3 is 26.7 Å². The molecule has 8 nitrogen and oxygen atoms in total. The lowest BCUT2D eigenvalue weighted by molar-refractivity contribution is -0.137. The van der Waals surface area contributed by atoms with E-state index >= 15 is 0 Å². The van der Waals surface area contributed by atoms with Crippen molar-refractivity contribution in [1.29, 1.82) is 0 Å². The van der Waals surface area contributed by atoms with Gasteiger partial charge >= 0.3 is 6.18 Å². The number of hydrogen-bond donors (Lipinski definition) is 5. The van der Waals surface area contributed by atoms with E-state index in [0.717, 1.165) is 34.7 Å². The van der Waals surface area contributed by atoms with Crippen molar-refractivity contribution in [3.8, 4) is 0 Å². The summed E-state index contributed by atoms with van der Waals surface area (Å²) < 4.78 is 38.7. The van der Waals surface area contributed by atoms with E-state index in [1.54, 1.807) is 6.20 Å². The molecule has 3 amide bonds. The zero-order valence-corrected chi connectivity index (χ0v) is 21.4. The molecule has 2 atom stereocenters. The Labute approximate surface area is 218 Å². The fraction of sp³-hybridized carbons (Fsp3) is 0.370. The molecule has 1 aromatic heterocycles. The number of nitrogens with two attached hydrogens (primary N) is 1. The van der Waals surface area contributed by atoms with E-state index in [1.807, 2.05) is 38.1 Å². The molecular formula is C27H32F3N5O3. The second-order valence-corrected chi connectivity index (χ2v) is 9.62. The fourth-order valence-electron chi connectivity index (χ4n) is 4.32. The molecular weight excluding hydrogens is 499 g/mol. The maximum Gasteiger partial charge on any atom is 0.416 e. The van der Waals surface area contributed by atoms with Crippen molar-refractivity contribution in [3.63, 3.8) is 0 Å². The van der Waals surface area contributed by atoms with Gasteiger partial charge in [0.2, 0.25) is 17.7 Å². The summed E-state index contributed by atoms with van der Waals surface area (Å²) in [6, 6.07) is 9.37. The number of hydrogen-bond acceptors (Lipinski definition) is 4. The summed E-state index contributed by atoms with van der Waals surface area (Å²) >= 11 is 0. The Morgan fingerprint density at radius 2 is 1.76 bits per heavy atom. The van der Waals surface area contributed by atoms with Crippen molar-refractivity contribution >= 4 is 40.0 Å². The van der Waals surface area contributed by atoms with Crippen LogP contribution in [-0.4, -0.2) is 35.8 Å². The van der Waals surface area contributed by atoms with Crippen LogP contribution < -0.4 is 21.7 Å². The van der Waals surface area contributed by atoms with Crippen molar-refractivity contribution in [1.82, 2.24) is 15.6 Å². The number of H-pyrrole nitrogens is 1. The number of amides is 3. The Hall–Kier alpha value is -4.02. The summed E-state index contributed by atoms with van der Waals surface area (Å²) in [5, 5.41) is 8.78. The molecule has 0 bridgehead atoms. The zero-order valence-electron chi connectivity index (χ0n) is 21.4. The van der Waals surface area contributed by atoms with Gasteiger partial charge in [0.1, 0.15) is 6.04 Å². The van der Waals surface area contributed by atoms with Gasteiger partial charge in [0, 0.05) is 42.9 Å². The van der Waals surface area contributed by atoms with Gasteiger partial charge in [-0.15, -0.1) is 0 Å². The fourth-order valence-corrected chi connectivity index (χ4v) is 4.32. The number of alkyl halides is 3. The monoisotopic (exact) mass is 531 g/mol. The van der Waals surface area contributed by atoms with Crippen LogP contribution in [-0.2, 0) is 27.0 Å². The van der Waals surface area contributed by atoms with Crippen LogP contribution in [0, 0.1) is 11.8 Å². The average molecular weight is 532 g/mol. The molecule has 0 unspecified atom stereocenters. The van der Waals surface area contributed by atoms with E-state index in [2.05, 4.69) is 20.9 Å². The molecule has 11 heteroatoms. The van der Waals surface area contributed by atoms with Gasteiger partial charge in [-0.3, -0.25) is 14.4 Å². The van der Waals surface area contributed by atoms with Gasteiger partial charge in [-0.25, -0.2) is 0 Å². The van der Waals surface area contributed by atoms with Crippen LogP contribution in [0.1, 0.15) is 37.8 Å². The quantitative estimate of drug-likeness (QED) is 0.251. The van der Waals surface area contributed by atoms with Gasteiger partial charge in [0.15, 0.2) is 0 Å². The molecule has 0 saturated heterocycles. The molecule has 38 heavy (non-hydrogen) atoms. The van der Waals surface area contributed by atoms with Crippen molar-refractivity contribution in [3.05, 3.63) is 59.8 Å². The molecule has 2 aromatic carbocycles. The number of benzene rings is 2. The maximum atomic E-state index is 13.3. The molecule has 0 spiro atoms. The highest BCUT2D eigenvalue weighted by Crippen LogP contribution is 2.33. The summed E-state index contributed by atoms with van der Waals surface area (Å²) in [6.45, 7) is 3.79. The molecule has 204 valence electrons. The number of aromatic amines is 1. The van der Waals surface area contributed by atoms with Crippen LogP contribution in [0.4, 0.5) is 24.5 Å². The minimum atomic E-state index is -4.56. The van der Waals surface area contributed by atoms with Crippen LogP contribution in [0.3, 0.4) is 0 Å². The lowest BCUT2D eigenvalue weighted by Gasteiger charge is -2.23. The Morgan fingerprint density at radius 1 is 1.05 bits per heavy atom. The molecule has 1 heterocycles. The first-order chi connectivity index (χ1) is 17.9. The molecule has 3 rings (SSSR count). The number of carbonyl (C=O) groups excluding carboxylic acids is 3. The normalized spacial score (nSPS) is 13.2. The standard InChI is InChI=1S/C27H32F3N5O3/c1-15(2)10-16(12-24(36)34-22-9-8-18(13-20(22)31)27(28,29)30)25(37)35-23(26(38)32-3)11-17-14-33-21-7-5-4-6-19(17)21/h4-9,13-16,23,33H,10-12,31H2,1-3H3,(H,32,38)(H,34,36)(H,35,37)/t16-,23+/m1/s1. The van der Waals surface area contributed by atoms with Crippen molar-refractivity contribution in [2.75, 3.05) is 18.1 Å². The van der Waals surface area contributed by atoms with Crippen LogP contribution in [0.15, 0.2) is 48.7 Å². The highest BCUT2D eigenvalue weighted by atomic mass is 19.4. The smallest absolute Gasteiger partial charge is 0.397 e. The number of rotatable bonds is 10. The summed E-state index contributed by atoms with van der Waals surface area (Å²) in [5.74, 6) is -2.15. The molecule has 0 radical (unpaired) electrons. The summed E-state index contributed by atoms with van der Waals surface area (Å²) in [5.41, 5.74) is 6.32. The second kappa shape index (κ2) is 12.0. The molecule has 6 N–H and O–H groups in total. The van der Waals surface area contributed by atoms with Crippen molar-refractivity contribution in [2.45, 2.75) is 45.3 Å². The van der Waals surface area contributed by atoms with Gasteiger partial charge in [-0.2, -0.15) is 13.2 Å². The highest BCUT2D eigenvalue weighted by molar-refractivity contribution is 5.97. The zero-order chi connectivity index (χ0) is 28.0. The minimum Gasteiger partial charge on any atom is -0.397 e. The van der Waals surface area contributed by atoms with E-state index in [4.69, 9.17) is 5.73 Å². The number of nitrogens with one attached hydrogen (secondary N) is 4. The van der Waals surface area contributed by atoms with Gasteiger partial charge in [0.25, 0.3) is 0 Å². The third-order valence-corrected chi connectivity index (χ3v) is 6.19. The molecule has 0 aliphatic carbocycles. The molecule has 0 aliphatic heterocycles. The van der Waals surface area contributed by atoms with Gasteiger partial charge in [-0.05, 0) is 42.2 Å². The topological polar surface area (TPSA) is 129 Å². The number of aromatic nitrogens is 1. The van der Waals surface area contributed by atoms with Crippen molar-refractivity contribution < 1.29 is 27.6 Å². The number of anilines is 2. The second-order valence-electron chi connectivity index (χ2n) is 9.62. The van der Waals surface area contributed by atoms with E-state index in [9.17, 15) is 27.6 Å². The maximum absolute atomic E-state index is 13.3. The van der Waals surface area contributed by atoms with E-state index in [0.29, 0.717) is 6.42 Å². The van der Waals surface area contributed by atoms with Crippen LogP contribution in [0.2, 0.25) is 0 Å². The number of likely N-dealkylation sites (N-methyl/N-ethyl adjacent to an activating group) is 1. The first-order valence-corrected chi connectivity index (χ1v) is 12.2. The van der Waals surface area contributed by atoms with E-state index < -0.39 is 35.5 Å². The Morgan fingerprint density at radius 3 is 2.39 bits per heavy atom. The molecule has 0 fully saturated rings. The van der Waals surface area contributed by atoms with Crippen LogP contribution >= 0.6 is 0 Å². The first kappa shape index (κ1) is 28.5. The highest BCUT2D eigenvalue weighted by Gasteiger charge is 2.31. The Balaban J connectivity index is 1.73. The van der Waals surface area contributed by atoms with Crippen LogP contribution in [0.5, 0.6) is 0 Å². The summed E-state index contributed by atoms with van der Waals surface area (Å²) in [4.78, 5) is 41.8. The number of carbonyl (C=O) groups is 3. The summed E-state index contributed by atoms with van der Waals surface area (Å²) in [6.07, 6.45) is -2.42. The number of para-hydroxylation sites is 1. The SMILES string of the molecule is CNC(=O)[C@H](Cc1c[nH]c2ccccc12)NC(=O)[C@@H](CC(=O)Nc1ccc(C(F)(F)F)cc1N)CC(C)C. The third kappa shape index (κ3) is 7.27. The van der Waals surface area contributed by atoms with Gasteiger partial charge in [0.05, 0.1) is 16.9 Å². The lowest BCUT2D eigenvalue weighted by atomic mass is 9.92. The van der Waals surface area contributed by atoms with Crippen molar-refractivity contribution in [2.24, 2.45) is 11.8 Å². The number of fused-ring (bicyclic) bond motifs is 1. The first-order valence-electron chi connectivity index (χ1n) is 12.2. The predicted octanol–water partition coefficient (Wildman–Crippen LogP) is 4.23. The number of halogens is 3. The molecule has 0 saturated carbocycles. The largest absolute Gasteiger partial charge is 0.416 e. The van der Waals surface area contributed by atoms with E-state index in [-0.39, 0.29) is 36.0 Å². The van der Waals surface area contributed by atoms with E-state index in [1.165, 1.54) is 7.05 Å². The van der Waals surface area contributed by atoms with Crippen LogP contribution in [0.25, 0.3) is 10.9 Å². The van der Waals surface area contributed by atoms with Gasteiger partial charge in [-0.1, -0.05) is 32.0 Å². The Bertz CT molecular complexity index is 1300. The number of nitrogen functional groups attached to an aromatic ring is 1. The molecule has 3 aromatic rings. The third-order valence-electron chi connectivity index (χ3n) is 6.19.